The topological polar surface area (TPSA) is 102 Å². The number of aliphatic carboxylic acids is 1. The number of carbonyl (C=O) groups is 2. The van der Waals surface area contributed by atoms with Gasteiger partial charge in [-0.3, -0.25) is 4.79 Å². The van der Waals surface area contributed by atoms with E-state index in [1.54, 1.807) is 18.7 Å². The van der Waals surface area contributed by atoms with Crippen LogP contribution in [0.2, 0.25) is 0 Å². The number of aryl methyl sites for hydroxylation is 2. The predicted molar refractivity (Wildman–Crippen MR) is 108 cm³/mol. The van der Waals surface area contributed by atoms with Crippen molar-refractivity contribution in [3.05, 3.63) is 60.1 Å². The molecule has 0 saturated carbocycles. The summed E-state index contributed by atoms with van der Waals surface area (Å²) in [6.07, 6.45) is 1.73. The Hall–Kier alpha value is -3.77. The quantitative estimate of drug-likeness (QED) is 0.554. The molecule has 0 radical (unpaired) electrons. The van der Waals surface area contributed by atoms with E-state index in [1.807, 2.05) is 16.2 Å². The van der Waals surface area contributed by atoms with Gasteiger partial charge in [0.2, 0.25) is 5.91 Å². The van der Waals surface area contributed by atoms with Gasteiger partial charge in [-0.15, -0.1) is 0 Å². The molecule has 0 spiro atoms. The standard InChI is InChI=1S/C19H19F2N5O.C2HF3O2/c1-25-11-22-8-14(25)7-19(27)23-13-3-5-18-24-17(10-26(18)9-13)15-4-2-12(20)6-16(15)21;3-2(4,5)1(6)7/h2,4,6,8,10-11,13H,3,5,7,9H2,1H3,(H,23,27);(H,6,7). The fourth-order valence-corrected chi connectivity index (χ4v) is 3.39. The van der Waals surface area contributed by atoms with E-state index in [9.17, 15) is 26.7 Å². The lowest BCUT2D eigenvalue weighted by Gasteiger charge is -2.24. The molecule has 13 heteroatoms. The van der Waals surface area contributed by atoms with Crippen molar-refractivity contribution in [2.45, 2.75) is 38.0 Å². The van der Waals surface area contributed by atoms with Gasteiger partial charge in [0, 0.05) is 55.8 Å². The van der Waals surface area contributed by atoms with Crippen molar-refractivity contribution in [2.24, 2.45) is 7.05 Å². The van der Waals surface area contributed by atoms with Gasteiger partial charge in [-0.2, -0.15) is 13.2 Å². The van der Waals surface area contributed by atoms with Crippen LogP contribution < -0.4 is 5.32 Å². The van der Waals surface area contributed by atoms with E-state index < -0.39 is 23.8 Å². The van der Waals surface area contributed by atoms with Gasteiger partial charge in [0.05, 0.1) is 18.4 Å². The first-order valence-corrected chi connectivity index (χ1v) is 10.00. The first-order chi connectivity index (χ1) is 15.9. The van der Waals surface area contributed by atoms with Gasteiger partial charge >= 0.3 is 12.1 Å². The Kier molecular flexibility index (Phi) is 7.32. The summed E-state index contributed by atoms with van der Waals surface area (Å²) in [5.74, 6) is -3.22. The van der Waals surface area contributed by atoms with Crippen molar-refractivity contribution < 1.29 is 36.6 Å². The number of hydrogen-bond acceptors (Lipinski definition) is 4. The number of aromatic nitrogens is 4. The molecule has 2 aromatic heterocycles. The zero-order valence-electron chi connectivity index (χ0n) is 17.8. The van der Waals surface area contributed by atoms with Crippen LogP contribution >= 0.6 is 0 Å². The molecule has 1 unspecified atom stereocenters. The van der Waals surface area contributed by atoms with Gasteiger partial charge in [0.1, 0.15) is 17.5 Å². The lowest BCUT2D eigenvalue weighted by atomic mass is 10.1. The number of carboxylic acid groups (broad SMARTS) is 1. The number of hydrogen-bond donors (Lipinski definition) is 2. The maximum atomic E-state index is 14.0. The number of amides is 1. The molecule has 1 aliphatic heterocycles. The largest absolute Gasteiger partial charge is 0.490 e. The van der Waals surface area contributed by atoms with Gasteiger partial charge < -0.3 is 19.6 Å². The van der Waals surface area contributed by atoms with Gasteiger partial charge in [-0.05, 0) is 18.6 Å². The van der Waals surface area contributed by atoms with Crippen LogP contribution in [0, 0.1) is 11.6 Å². The molecule has 0 bridgehead atoms. The molecule has 0 saturated heterocycles. The zero-order valence-corrected chi connectivity index (χ0v) is 17.8. The summed E-state index contributed by atoms with van der Waals surface area (Å²) in [7, 11) is 1.85. The molecule has 1 aromatic carbocycles. The molecule has 2 N–H and O–H groups in total. The summed E-state index contributed by atoms with van der Waals surface area (Å²) in [5, 5.41) is 10.2. The number of nitrogens with one attached hydrogen (secondary N) is 1. The minimum atomic E-state index is -5.08. The Bertz CT molecular complexity index is 1190. The third-order valence-corrected chi connectivity index (χ3v) is 5.07. The molecule has 3 heterocycles. The Labute approximate surface area is 190 Å². The van der Waals surface area contributed by atoms with E-state index in [0.29, 0.717) is 18.7 Å². The van der Waals surface area contributed by atoms with E-state index in [2.05, 4.69) is 15.3 Å². The number of alkyl halides is 3. The third kappa shape index (κ3) is 6.17. The maximum Gasteiger partial charge on any atom is 0.490 e. The average molecular weight is 485 g/mol. The monoisotopic (exact) mass is 485 g/mol. The molecule has 0 aliphatic carbocycles. The molecule has 182 valence electrons. The molecular formula is C21H20F5N5O3. The van der Waals surface area contributed by atoms with Crippen molar-refractivity contribution in [3.63, 3.8) is 0 Å². The molecule has 0 fully saturated rings. The number of carboxylic acids is 1. The third-order valence-electron chi connectivity index (χ3n) is 5.07. The van der Waals surface area contributed by atoms with Gasteiger partial charge in [-0.1, -0.05) is 0 Å². The second-order valence-electron chi connectivity index (χ2n) is 7.60. The fourth-order valence-electron chi connectivity index (χ4n) is 3.39. The highest BCUT2D eigenvalue weighted by Gasteiger charge is 2.38. The highest BCUT2D eigenvalue weighted by Crippen LogP contribution is 2.25. The Morgan fingerprint density at radius 2 is 1.97 bits per heavy atom. The van der Waals surface area contributed by atoms with Gasteiger partial charge in [0.15, 0.2) is 0 Å². The number of carbonyl (C=O) groups excluding carboxylic acids is 1. The maximum absolute atomic E-state index is 14.0. The van der Waals surface area contributed by atoms with Crippen LogP contribution in [-0.4, -0.2) is 48.3 Å². The minimum absolute atomic E-state index is 0.0154. The number of imidazole rings is 2. The van der Waals surface area contributed by atoms with E-state index >= 15 is 0 Å². The molecule has 4 rings (SSSR count). The van der Waals surface area contributed by atoms with Crippen LogP contribution in [0.15, 0.2) is 36.9 Å². The lowest BCUT2D eigenvalue weighted by molar-refractivity contribution is -0.192. The number of fused-ring (bicyclic) bond motifs is 1. The van der Waals surface area contributed by atoms with E-state index in [-0.39, 0.29) is 23.9 Å². The van der Waals surface area contributed by atoms with E-state index in [1.165, 1.54) is 12.1 Å². The summed E-state index contributed by atoms with van der Waals surface area (Å²) in [6, 6.07) is 3.46. The van der Waals surface area contributed by atoms with Crippen LogP contribution in [0.4, 0.5) is 22.0 Å². The normalized spacial score (nSPS) is 15.2. The summed E-state index contributed by atoms with van der Waals surface area (Å²) < 4.78 is 62.6. The SMILES string of the molecule is Cn1cncc1CC(=O)NC1CCc2nc(-c3ccc(F)cc3F)cn2C1.O=C(O)C(F)(F)F. The molecule has 8 nitrogen and oxygen atoms in total. The highest BCUT2D eigenvalue weighted by atomic mass is 19.4. The number of nitrogens with zero attached hydrogens (tertiary/aromatic N) is 4. The van der Waals surface area contributed by atoms with Crippen LogP contribution in [0.1, 0.15) is 17.9 Å². The van der Waals surface area contributed by atoms with Gasteiger partial charge in [0.25, 0.3) is 0 Å². The first-order valence-electron chi connectivity index (χ1n) is 10.00. The lowest BCUT2D eigenvalue weighted by Crippen LogP contribution is -2.41. The zero-order chi connectivity index (χ0) is 25.0. The summed E-state index contributed by atoms with van der Waals surface area (Å²) in [6.45, 7) is 0.572. The summed E-state index contributed by atoms with van der Waals surface area (Å²) in [5.41, 5.74) is 1.60. The Morgan fingerprint density at radius 1 is 1.26 bits per heavy atom. The predicted octanol–water partition coefficient (Wildman–Crippen LogP) is 2.87. The van der Waals surface area contributed by atoms with Crippen molar-refractivity contribution in [3.8, 4) is 11.3 Å². The van der Waals surface area contributed by atoms with Crippen LogP contribution in [0.5, 0.6) is 0 Å². The molecule has 3 aromatic rings. The molecule has 1 aliphatic rings. The Balaban J connectivity index is 0.000000406. The molecule has 1 amide bonds. The molecular weight excluding hydrogens is 465 g/mol. The van der Waals surface area contributed by atoms with Crippen molar-refractivity contribution in [1.29, 1.82) is 0 Å². The van der Waals surface area contributed by atoms with Crippen molar-refractivity contribution in [2.75, 3.05) is 0 Å². The second-order valence-corrected chi connectivity index (χ2v) is 7.60. The van der Waals surface area contributed by atoms with Crippen molar-refractivity contribution in [1.82, 2.24) is 24.4 Å². The van der Waals surface area contributed by atoms with E-state index in [4.69, 9.17) is 9.90 Å². The smallest absolute Gasteiger partial charge is 0.475 e. The highest BCUT2D eigenvalue weighted by molar-refractivity contribution is 5.78. The minimum Gasteiger partial charge on any atom is -0.475 e. The number of rotatable bonds is 4. The van der Waals surface area contributed by atoms with Crippen LogP contribution in [0.3, 0.4) is 0 Å². The average Bonchev–Trinajstić information content (AvgIpc) is 3.33. The van der Waals surface area contributed by atoms with Crippen LogP contribution in [-0.2, 0) is 36.0 Å². The summed E-state index contributed by atoms with van der Waals surface area (Å²) in [4.78, 5) is 29.7. The summed E-state index contributed by atoms with van der Waals surface area (Å²) >= 11 is 0. The molecule has 1 atom stereocenters. The number of halogens is 5. The van der Waals surface area contributed by atoms with Gasteiger partial charge in [-0.25, -0.2) is 23.5 Å². The van der Waals surface area contributed by atoms with Crippen molar-refractivity contribution >= 4 is 11.9 Å². The Morgan fingerprint density at radius 3 is 2.56 bits per heavy atom. The second kappa shape index (κ2) is 10.0. The van der Waals surface area contributed by atoms with E-state index in [0.717, 1.165) is 24.0 Å². The molecule has 34 heavy (non-hydrogen) atoms. The van der Waals surface area contributed by atoms with Crippen LogP contribution in [0.25, 0.3) is 11.3 Å². The number of benzene rings is 1. The fraction of sp³-hybridized carbons (Fsp3) is 0.333. The first kappa shape index (κ1) is 24.9.